The van der Waals surface area contributed by atoms with Gasteiger partial charge in [-0.3, -0.25) is 4.79 Å². The molecule has 2 aromatic heterocycles. The molecule has 1 amide bonds. The molecule has 0 aliphatic carbocycles. The maximum Gasteiger partial charge on any atom is 0.268 e. The number of methoxy groups -OCH3 is 2. The van der Waals surface area contributed by atoms with Gasteiger partial charge < -0.3 is 14.8 Å². The van der Waals surface area contributed by atoms with Crippen molar-refractivity contribution < 1.29 is 14.3 Å². The summed E-state index contributed by atoms with van der Waals surface area (Å²) in [4.78, 5) is 22.0. The molecule has 0 fully saturated rings. The van der Waals surface area contributed by atoms with E-state index in [0.29, 0.717) is 27.9 Å². The molecule has 3 aromatic rings. The first kappa shape index (κ1) is 17.9. The van der Waals surface area contributed by atoms with E-state index in [1.54, 1.807) is 20.3 Å². The molecule has 0 bridgehead atoms. The number of aryl methyl sites for hydroxylation is 2. The number of hydrogen-bond donors (Lipinski definition) is 1. The molecule has 7 heteroatoms. The summed E-state index contributed by atoms with van der Waals surface area (Å²) in [5.41, 5.74) is 2.38. The molecule has 6 nitrogen and oxygen atoms in total. The maximum absolute atomic E-state index is 12.6. The number of nitrogens with one attached hydrogen (secondary N) is 1. The van der Waals surface area contributed by atoms with Gasteiger partial charge in [0.15, 0.2) is 11.5 Å². The van der Waals surface area contributed by atoms with Crippen LogP contribution in [-0.2, 0) is 0 Å². The topological polar surface area (TPSA) is 73.3 Å². The summed E-state index contributed by atoms with van der Waals surface area (Å²) in [5.74, 6) is 1.57. The number of nitrogens with zero attached hydrogens (tertiary/aromatic N) is 2. The Kier molecular flexibility index (Phi) is 5.18. The van der Waals surface area contributed by atoms with Gasteiger partial charge in [0.25, 0.3) is 5.91 Å². The van der Waals surface area contributed by atoms with Crippen LogP contribution in [-0.4, -0.2) is 30.1 Å². The predicted octanol–water partition coefficient (Wildman–Crippen LogP) is 4.09. The van der Waals surface area contributed by atoms with Crippen molar-refractivity contribution in [3.8, 4) is 22.1 Å². The van der Waals surface area contributed by atoms with Crippen LogP contribution in [0.5, 0.6) is 11.5 Å². The number of benzene rings is 1. The van der Waals surface area contributed by atoms with Gasteiger partial charge >= 0.3 is 0 Å². The third-order valence-electron chi connectivity index (χ3n) is 3.76. The van der Waals surface area contributed by atoms with Gasteiger partial charge in [-0.1, -0.05) is 6.07 Å². The van der Waals surface area contributed by atoms with Crippen molar-refractivity contribution in [3.05, 3.63) is 52.7 Å². The van der Waals surface area contributed by atoms with Gasteiger partial charge in [-0.05, 0) is 44.2 Å². The van der Waals surface area contributed by atoms with Crippen LogP contribution < -0.4 is 14.8 Å². The van der Waals surface area contributed by atoms with Crippen molar-refractivity contribution in [3.63, 3.8) is 0 Å². The van der Waals surface area contributed by atoms with Crippen molar-refractivity contribution in [2.45, 2.75) is 13.8 Å². The summed E-state index contributed by atoms with van der Waals surface area (Å²) in [6, 6.07) is 11.1. The largest absolute Gasteiger partial charge is 0.493 e. The van der Waals surface area contributed by atoms with Crippen LogP contribution >= 0.6 is 11.3 Å². The van der Waals surface area contributed by atoms with E-state index in [-0.39, 0.29) is 5.91 Å². The third kappa shape index (κ3) is 3.67. The number of carbonyl (C=O) groups is 1. The molecule has 134 valence electrons. The smallest absolute Gasteiger partial charge is 0.268 e. The minimum absolute atomic E-state index is 0.218. The monoisotopic (exact) mass is 369 g/mol. The molecule has 0 atom stereocenters. The number of thiazole rings is 1. The number of aromatic nitrogens is 2. The van der Waals surface area contributed by atoms with Gasteiger partial charge in [-0.15, -0.1) is 11.3 Å². The van der Waals surface area contributed by atoms with E-state index in [4.69, 9.17) is 9.47 Å². The molecule has 26 heavy (non-hydrogen) atoms. The van der Waals surface area contributed by atoms with E-state index >= 15 is 0 Å². The summed E-state index contributed by atoms with van der Waals surface area (Å²) in [5, 5.41) is 3.56. The lowest BCUT2D eigenvalue weighted by Crippen LogP contribution is -2.12. The van der Waals surface area contributed by atoms with Gasteiger partial charge in [-0.25, -0.2) is 9.97 Å². The van der Waals surface area contributed by atoms with Crippen molar-refractivity contribution >= 4 is 23.1 Å². The van der Waals surface area contributed by atoms with Crippen molar-refractivity contribution in [1.29, 1.82) is 0 Å². The first-order valence-corrected chi connectivity index (χ1v) is 8.78. The summed E-state index contributed by atoms with van der Waals surface area (Å²) in [6.45, 7) is 3.70. The highest BCUT2D eigenvalue weighted by Gasteiger charge is 2.18. The van der Waals surface area contributed by atoms with E-state index in [9.17, 15) is 4.79 Å². The first-order chi connectivity index (χ1) is 12.5. The number of carbonyl (C=O) groups excluding carboxylic acids is 1. The molecular weight excluding hydrogens is 350 g/mol. The number of anilines is 1. The highest BCUT2D eigenvalue weighted by molar-refractivity contribution is 7.17. The Bertz CT molecular complexity index is 953. The summed E-state index contributed by atoms with van der Waals surface area (Å²) >= 11 is 1.33. The lowest BCUT2D eigenvalue weighted by atomic mass is 10.2. The number of pyridine rings is 1. The van der Waals surface area contributed by atoms with E-state index in [1.807, 2.05) is 44.2 Å². The van der Waals surface area contributed by atoms with Crippen molar-refractivity contribution in [1.82, 2.24) is 9.97 Å². The predicted molar refractivity (Wildman–Crippen MR) is 102 cm³/mol. The van der Waals surface area contributed by atoms with E-state index in [1.165, 1.54) is 11.3 Å². The molecule has 0 radical (unpaired) electrons. The zero-order chi connectivity index (χ0) is 18.7. The standard InChI is InChI=1S/C19H19N3O3S/c1-11-6-5-7-16(20-11)22-18(23)17-12(2)21-19(26-17)13-8-9-14(24-3)15(10-13)25-4/h5-10H,1-4H3,(H,20,22,23). The molecule has 0 aliphatic heterocycles. The maximum atomic E-state index is 12.6. The zero-order valence-corrected chi connectivity index (χ0v) is 15.8. The number of ether oxygens (including phenoxy) is 2. The Hall–Kier alpha value is -2.93. The molecular formula is C19H19N3O3S. The molecule has 1 N–H and O–H groups in total. The minimum Gasteiger partial charge on any atom is -0.493 e. The average molecular weight is 369 g/mol. The number of rotatable bonds is 5. The molecule has 0 spiro atoms. The fourth-order valence-corrected chi connectivity index (χ4v) is 3.44. The minimum atomic E-state index is -0.218. The Morgan fingerprint density at radius 3 is 2.50 bits per heavy atom. The SMILES string of the molecule is COc1ccc(-c2nc(C)c(C(=O)Nc3cccc(C)n3)s2)cc1OC. The lowest BCUT2D eigenvalue weighted by molar-refractivity contribution is 0.102. The van der Waals surface area contributed by atoms with Gasteiger partial charge in [0.2, 0.25) is 0 Å². The van der Waals surface area contributed by atoms with Gasteiger partial charge in [0, 0.05) is 11.3 Å². The molecule has 3 rings (SSSR count). The quantitative estimate of drug-likeness (QED) is 0.733. The fraction of sp³-hybridized carbons (Fsp3) is 0.211. The summed E-state index contributed by atoms with van der Waals surface area (Å²) in [7, 11) is 3.18. The van der Waals surface area contributed by atoms with Gasteiger partial charge in [-0.2, -0.15) is 0 Å². The highest BCUT2D eigenvalue weighted by Crippen LogP contribution is 2.35. The van der Waals surface area contributed by atoms with Crippen molar-refractivity contribution in [2.75, 3.05) is 19.5 Å². The van der Waals surface area contributed by atoms with Crippen LogP contribution in [0, 0.1) is 13.8 Å². The van der Waals surface area contributed by atoms with Crippen LogP contribution in [0.4, 0.5) is 5.82 Å². The molecule has 0 saturated carbocycles. The second kappa shape index (κ2) is 7.53. The van der Waals surface area contributed by atoms with Gasteiger partial charge in [0.1, 0.15) is 15.7 Å². The van der Waals surface area contributed by atoms with Crippen molar-refractivity contribution in [2.24, 2.45) is 0 Å². The first-order valence-electron chi connectivity index (χ1n) is 7.96. The average Bonchev–Trinajstić information content (AvgIpc) is 3.03. The Morgan fingerprint density at radius 1 is 1.04 bits per heavy atom. The van der Waals surface area contributed by atoms with Crippen LogP contribution in [0.1, 0.15) is 21.1 Å². The fourth-order valence-electron chi connectivity index (χ4n) is 2.49. The Balaban J connectivity index is 1.88. The zero-order valence-electron chi connectivity index (χ0n) is 15.0. The second-order valence-electron chi connectivity index (χ2n) is 5.62. The molecule has 2 heterocycles. The highest BCUT2D eigenvalue weighted by atomic mass is 32.1. The summed E-state index contributed by atoms with van der Waals surface area (Å²) < 4.78 is 10.6. The molecule has 0 unspecified atom stereocenters. The van der Waals surface area contributed by atoms with E-state index in [2.05, 4.69) is 15.3 Å². The second-order valence-corrected chi connectivity index (χ2v) is 6.62. The third-order valence-corrected chi connectivity index (χ3v) is 4.97. The Labute approximate surface area is 155 Å². The van der Waals surface area contributed by atoms with Crippen LogP contribution in [0.15, 0.2) is 36.4 Å². The number of hydrogen-bond acceptors (Lipinski definition) is 6. The summed E-state index contributed by atoms with van der Waals surface area (Å²) in [6.07, 6.45) is 0. The normalized spacial score (nSPS) is 10.5. The molecule has 0 aliphatic rings. The van der Waals surface area contributed by atoms with Crippen LogP contribution in [0.25, 0.3) is 10.6 Å². The van der Waals surface area contributed by atoms with E-state index < -0.39 is 0 Å². The lowest BCUT2D eigenvalue weighted by Gasteiger charge is -2.08. The van der Waals surface area contributed by atoms with Crippen LogP contribution in [0.2, 0.25) is 0 Å². The van der Waals surface area contributed by atoms with Crippen LogP contribution in [0.3, 0.4) is 0 Å². The number of amides is 1. The van der Waals surface area contributed by atoms with Gasteiger partial charge in [0.05, 0.1) is 19.9 Å². The Morgan fingerprint density at radius 2 is 1.81 bits per heavy atom. The molecule has 0 saturated heterocycles. The molecule has 1 aromatic carbocycles. The van der Waals surface area contributed by atoms with E-state index in [0.717, 1.165) is 16.3 Å².